The van der Waals surface area contributed by atoms with Crippen molar-refractivity contribution >= 4 is 41.3 Å². The summed E-state index contributed by atoms with van der Waals surface area (Å²) in [7, 11) is 0. The van der Waals surface area contributed by atoms with Gasteiger partial charge in [0, 0.05) is 23.5 Å². The number of ether oxygens (including phenoxy) is 1. The predicted molar refractivity (Wildman–Crippen MR) is 138 cm³/mol. The number of thioether (sulfide) groups is 1. The van der Waals surface area contributed by atoms with E-state index < -0.39 is 52.6 Å². The molecule has 1 heterocycles. The van der Waals surface area contributed by atoms with Crippen LogP contribution in [0.25, 0.3) is 0 Å². The van der Waals surface area contributed by atoms with Crippen molar-refractivity contribution in [3.05, 3.63) is 65.5 Å². The quantitative estimate of drug-likeness (QED) is 0.463. The number of esters is 1. The standard InChI is InChI=1S/C26H30FN3O6S/c1-16(22(32)33)17-8-7-9-18(14-17)29-24(35)28-15-21(31)30-12-13-37-26(30,23(34)36-25(2,3)4)19-10-5-6-11-20(19)27/h5-11,14,16H,12-13,15H2,1-4H3,(H,32,33)(H2,28,29,35)/t16?,26-/m1/s1. The number of benzene rings is 2. The minimum Gasteiger partial charge on any atom is -0.481 e. The number of amides is 3. The van der Waals surface area contributed by atoms with E-state index in [4.69, 9.17) is 4.74 Å². The van der Waals surface area contributed by atoms with Gasteiger partial charge in [-0.25, -0.2) is 14.0 Å². The topological polar surface area (TPSA) is 125 Å². The molecule has 0 aromatic heterocycles. The van der Waals surface area contributed by atoms with Gasteiger partial charge in [0.25, 0.3) is 0 Å². The first-order chi connectivity index (χ1) is 17.3. The van der Waals surface area contributed by atoms with E-state index in [2.05, 4.69) is 10.6 Å². The number of anilines is 1. The Morgan fingerprint density at radius 2 is 1.86 bits per heavy atom. The highest BCUT2D eigenvalue weighted by molar-refractivity contribution is 8.01. The van der Waals surface area contributed by atoms with Crippen LogP contribution in [0.3, 0.4) is 0 Å². The molecule has 198 valence electrons. The van der Waals surface area contributed by atoms with Crippen LogP contribution in [-0.2, 0) is 24.0 Å². The number of nitrogens with one attached hydrogen (secondary N) is 2. The molecule has 3 N–H and O–H groups in total. The van der Waals surface area contributed by atoms with E-state index in [-0.39, 0.29) is 12.1 Å². The molecule has 1 aliphatic rings. The smallest absolute Gasteiger partial charge is 0.348 e. The van der Waals surface area contributed by atoms with E-state index in [0.717, 1.165) is 11.8 Å². The summed E-state index contributed by atoms with van der Waals surface area (Å²) in [6.07, 6.45) is 0. The zero-order chi connectivity index (χ0) is 27.4. The number of aliphatic carboxylic acids is 1. The number of hydrogen-bond acceptors (Lipinski definition) is 6. The van der Waals surface area contributed by atoms with Gasteiger partial charge in [-0.05, 0) is 51.5 Å². The molecule has 11 heteroatoms. The first-order valence-electron chi connectivity index (χ1n) is 11.7. The molecule has 37 heavy (non-hydrogen) atoms. The highest BCUT2D eigenvalue weighted by atomic mass is 32.2. The van der Waals surface area contributed by atoms with E-state index in [1.165, 1.54) is 36.1 Å². The molecule has 0 radical (unpaired) electrons. The van der Waals surface area contributed by atoms with Gasteiger partial charge in [0.2, 0.25) is 10.8 Å². The lowest BCUT2D eigenvalue weighted by Gasteiger charge is -2.37. The average Bonchev–Trinajstić information content (AvgIpc) is 3.27. The molecule has 0 bridgehead atoms. The van der Waals surface area contributed by atoms with Gasteiger partial charge < -0.3 is 25.4 Å². The number of carboxylic acids is 1. The first kappa shape index (κ1) is 28.0. The second kappa shape index (κ2) is 11.2. The van der Waals surface area contributed by atoms with Gasteiger partial charge >= 0.3 is 18.0 Å². The molecular weight excluding hydrogens is 501 g/mol. The molecule has 2 atom stereocenters. The zero-order valence-corrected chi connectivity index (χ0v) is 21.9. The summed E-state index contributed by atoms with van der Waals surface area (Å²) >= 11 is 1.10. The fourth-order valence-electron chi connectivity index (χ4n) is 3.86. The lowest BCUT2D eigenvalue weighted by Crippen LogP contribution is -2.54. The van der Waals surface area contributed by atoms with Crippen molar-refractivity contribution < 1.29 is 33.4 Å². The maximum atomic E-state index is 14.9. The molecule has 1 saturated heterocycles. The summed E-state index contributed by atoms with van der Waals surface area (Å²) in [6.45, 7) is 6.27. The highest BCUT2D eigenvalue weighted by Gasteiger charge is 2.55. The Balaban J connectivity index is 1.77. The van der Waals surface area contributed by atoms with Gasteiger partial charge in [-0.1, -0.05) is 30.3 Å². The van der Waals surface area contributed by atoms with E-state index in [0.29, 0.717) is 17.0 Å². The number of urea groups is 1. The number of nitrogens with zero attached hydrogens (tertiary/aromatic N) is 1. The molecule has 0 saturated carbocycles. The highest BCUT2D eigenvalue weighted by Crippen LogP contribution is 2.47. The van der Waals surface area contributed by atoms with Crippen LogP contribution < -0.4 is 10.6 Å². The Bertz CT molecular complexity index is 1200. The van der Waals surface area contributed by atoms with E-state index >= 15 is 0 Å². The van der Waals surface area contributed by atoms with E-state index in [1.54, 1.807) is 45.0 Å². The minimum absolute atomic E-state index is 0.00826. The van der Waals surface area contributed by atoms with Gasteiger partial charge in [-0.2, -0.15) is 0 Å². The summed E-state index contributed by atoms with van der Waals surface area (Å²) in [6, 6.07) is 11.4. The molecule has 1 aliphatic heterocycles. The summed E-state index contributed by atoms with van der Waals surface area (Å²) in [5.41, 5.74) is -0.0176. The largest absolute Gasteiger partial charge is 0.481 e. The third-order valence-corrected chi connectivity index (χ3v) is 7.05. The fourth-order valence-corrected chi connectivity index (χ4v) is 5.26. The van der Waals surface area contributed by atoms with Crippen molar-refractivity contribution in [2.24, 2.45) is 0 Å². The van der Waals surface area contributed by atoms with E-state index in [1.807, 2.05) is 0 Å². The minimum atomic E-state index is -1.74. The summed E-state index contributed by atoms with van der Waals surface area (Å²) in [5.74, 6) is -3.42. The van der Waals surface area contributed by atoms with Crippen LogP contribution >= 0.6 is 11.8 Å². The Morgan fingerprint density at radius 3 is 2.51 bits per heavy atom. The Labute approximate surface area is 218 Å². The van der Waals surface area contributed by atoms with Crippen molar-refractivity contribution in [3.8, 4) is 0 Å². The summed E-state index contributed by atoms with van der Waals surface area (Å²) in [5, 5.41) is 14.2. The molecule has 1 unspecified atom stereocenters. The summed E-state index contributed by atoms with van der Waals surface area (Å²) < 4.78 is 20.5. The lowest BCUT2D eigenvalue weighted by molar-refractivity contribution is -0.167. The zero-order valence-electron chi connectivity index (χ0n) is 21.0. The number of carboxylic acid groups (broad SMARTS) is 1. The molecule has 9 nitrogen and oxygen atoms in total. The van der Waals surface area contributed by atoms with Crippen molar-refractivity contribution in [2.45, 2.75) is 44.1 Å². The van der Waals surface area contributed by atoms with Crippen LogP contribution in [0.1, 0.15) is 44.7 Å². The Kier molecular flexibility index (Phi) is 8.47. The molecule has 3 rings (SSSR count). The molecular formula is C26H30FN3O6S. The van der Waals surface area contributed by atoms with Crippen molar-refractivity contribution in [1.29, 1.82) is 0 Å². The number of hydrogen-bond donors (Lipinski definition) is 3. The average molecular weight is 532 g/mol. The molecule has 0 spiro atoms. The number of halogens is 1. The molecule has 2 aromatic rings. The second-order valence-electron chi connectivity index (χ2n) is 9.51. The maximum absolute atomic E-state index is 14.9. The van der Waals surface area contributed by atoms with Crippen molar-refractivity contribution in [2.75, 3.05) is 24.2 Å². The molecule has 0 aliphatic carbocycles. The predicted octanol–water partition coefficient (Wildman–Crippen LogP) is 3.91. The maximum Gasteiger partial charge on any atom is 0.348 e. The van der Waals surface area contributed by atoms with Crippen molar-refractivity contribution in [1.82, 2.24) is 10.2 Å². The number of carbonyl (C=O) groups is 4. The lowest BCUT2D eigenvalue weighted by atomic mass is 10.0. The third kappa shape index (κ3) is 6.40. The van der Waals surface area contributed by atoms with E-state index in [9.17, 15) is 28.7 Å². The normalized spacial score (nSPS) is 18.1. The molecule has 2 aromatic carbocycles. The number of rotatable bonds is 7. The van der Waals surface area contributed by atoms with Gasteiger partial charge in [0.15, 0.2) is 0 Å². The molecule has 1 fully saturated rings. The van der Waals surface area contributed by atoms with Crippen LogP contribution in [0.15, 0.2) is 48.5 Å². The molecule has 3 amide bonds. The Morgan fingerprint density at radius 1 is 1.16 bits per heavy atom. The van der Waals surface area contributed by atoms with Crippen LogP contribution in [0.4, 0.5) is 14.9 Å². The monoisotopic (exact) mass is 531 g/mol. The fraction of sp³-hybridized carbons (Fsp3) is 0.385. The first-order valence-corrected chi connectivity index (χ1v) is 12.6. The second-order valence-corrected chi connectivity index (χ2v) is 10.8. The van der Waals surface area contributed by atoms with Gasteiger partial charge in [-0.15, -0.1) is 11.8 Å². The van der Waals surface area contributed by atoms with Crippen LogP contribution in [0.2, 0.25) is 0 Å². The number of carbonyl (C=O) groups excluding carboxylic acids is 3. The Hall–Kier alpha value is -3.60. The van der Waals surface area contributed by atoms with Crippen LogP contribution in [0.5, 0.6) is 0 Å². The summed E-state index contributed by atoms with van der Waals surface area (Å²) in [4.78, 5) is 49.9. The van der Waals surface area contributed by atoms with Gasteiger partial charge in [-0.3, -0.25) is 9.59 Å². The SMILES string of the molecule is CC(C(=O)O)c1cccc(NC(=O)NCC(=O)N2CCS[C@@]2(C(=O)OC(C)(C)C)c2ccccc2F)c1. The van der Waals surface area contributed by atoms with Gasteiger partial charge in [0.05, 0.1) is 12.5 Å². The van der Waals surface area contributed by atoms with Crippen molar-refractivity contribution in [3.63, 3.8) is 0 Å². The van der Waals surface area contributed by atoms with Gasteiger partial charge in [0.1, 0.15) is 11.4 Å². The van der Waals surface area contributed by atoms with Crippen LogP contribution in [0, 0.1) is 5.82 Å². The van der Waals surface area contributed by atoms with Crippen LogP contribution in [-0.4, -0.2) is 58.3 Å². The third-order valence-electron chi connectivity index (χ3n) is 5.64.